The van der Waals surface area contributed by atoms with E-state index in [1.807, 2.05) is 29.7 Å². The third-order valence-electron chi connectivity index (χ3n) is 4.29. The second-order valence-corrected chi connectivity index (χ2v) is 7.26. The molecule has 3 rings (SSSR count). The van der Waals surface area contributed by atoms with Gasteiger partial charge in [-0.3, -0.25) is 4.79 Å². The van der Waals surface area contributed by atoms with Crippen molar-refractivity contribution in [1.82, 2.24) is 15.1 Å². The lowest BCUT2D eigenvalue weighted by Gasteiger charge is -2.37. The Morgan fingerprint density at radius 2 is 2.19 bits per heavy atom. The van der Waals surface area contributed by atoms with Gasteiger partial charge in [0.2, 0.25) is 0 Å². The third-order valence-corrected chi connectivity index (χ3v) is 5.25. The fourth-order valence-electron chi connectivity index (χ4n) is 3.24. The summed E-state index contributed by atoms with van der Waals surface area (Å²) in [5, 5.41) is 2.84. The van der Waals surface area contributed by atoms with Gasteiger partial charge in [-0.15, -0.1) is 11.3 Å². The highest BCUT2D eigenvalue weighted by Crippen LogP contribution is 2.25. The lowest BCUT2D eigenvalue weighted by molar-refractivity contribution is 0.0634. The van der Waals surface area contributed by atoms with Crippen molar-refractivity contribution in [3.8, 4) is 0 Å². The van der Waals surface area contributed by atoms with Gasteiger partial charge in [-0.1, -0.05) is 0 Å². The molecule has 5 nitrogen and oxygen atoms in total. The van der Waals surface area contributed by atoms with Gasteiger partial charge in [0.15, 0.2) is 0 Å². The molecule has 0 aliphatic carbocycles. The maximum atomic E-state index is 12.7. The Morgan fingerprint density at radius 3 is 2.81 bits per heavy atom. The van der Waals surface area contributed by atoms with Gasteiger partial charge in [0.05, 0.1) is 11.6 Å². The summed E-state index contributed by atoms with van der Waals surface area (Å²) in [7, 11) is 0. The van der Waals surface area contributed by atoms with E-state index in [-0.39, 0.29) is 18.0 Å². The largest absolute Gasteiger partial charge is 0.337 e. The monoisotopic (exact) mass is 307 g/mol. The average molecular weight is 307 g/mol. The maximum absolute atomic E-state index is 12.7. The highest BCUT2D eigenvalue weighted by molar-refractivity contribution is 7.12. The van der Waals surface area contributed by atoms with Gasteiger partial charge < -0.3 is 15.1 Å². The molecule has 1 aromatic heterocycles. The molecule has 0 aromatic carbocycles. The molecule has 0 radical (unpaired) electrons. The number of amides is 3. The smallest absolute Gasteiger partial charge is 0.317 e. The van der Waals surface area contributed by atoms with Crippen LogP contribution < -0.4 is 5.32 Å². The predicted octanol–water partition coefficient (Wildman–Crippen LogP) is 1.99. The molecular weight excluding hydrogens is 286 g/mol. The summed E-state index contributed by atoms with van der Waals surface area (Å²) in [5.41, 5.74) is 0.823. The molecule has 2 saturated heterocycles. The second-order valence-electron chi connectivity index (χ2n) is 5.80. The number of hydrogen-bond donors (Lipinski definition) is 1. The molecule has 2 aliphatic rings. The summed E-state index contributed by atoms with van der Waals surface area (Å²) in [4.78, 5) is 30.5. The lowest BCUT2D eigenvalue weighted by atomic mass is 10.0. The SMILES string of the molecule is Cc1cc(C(=O)N2CCC[C@H](N3CCNC3=O)C2)c(C)s1. The van der Waals surface area contributed by atoms with Gasteiger partial charge in [-0.2, -0.15) is 0 Å². The van der Waals surface area contributed by atoms with Gasteiger partial charge >= 0.3 is 6.03 Å². The molecule has 1 N–H and O–H groups in total. The zero-order valence-electron chi connectivity index (χ0n) is 12.5. The van der Waals surface area contributed by atoms with Gasteiger partial charge in [0, 0.05) is 35.9 Å². The lowest BCUT2D eigenvalue weighted by Crippen LogP contribution is -2.50. The van der Waals surface area contributed by atoms with Crippen LogP contribution in [0.15, 0.2) is 6.07 Å². The van der Waals surface area contributed by atoms with E-state index in [2.05, 4.69) is 5.32 Å². The minimum absolute atomic E-state index is 0.0110. The molecule has 2 aliphatic heterocycles. The Morgan fingerprint density at radius 1 is 1.38 bits per heavy atom. The summed E-state index contributed by atoms with van der Waals surface area (Å²) in [6.07, 6.45) is 1.95. The Balaban J connectivity index is 1.72. The molecule has 6 heteroatoms. The topological polar surface area (TPSA) is 52.7 Å². The number of carbonyl (C=O) groups is 2. The number of aryl methyl sites for hydroxylation is 2. The molecule has 0 bridgehead atoms. The standard InChI is InChI=1S/C15H21N3O2S/c1-10-8-13(11(2)21-10)14(19)17-6-3-4-12(9-17)18-7-5-16-15(18)20/h8,12H,3-7,9H2,1-2H3,(H,16,20)/t12-/m0/s1. The van der Waals surface area contributed by atoms with Crippen molar-refractivity contribution >= 4 is 23.3 Å². The van der Waals surface area contributed by atoms with Crippen molar-refractivity contribution in [3.05, 3.63) is 21.4 Å². The highest BCUT2D eigenvalue weighted by atomic mass is 32.1. The van der Waals surface area contributed by atoms with Crippen molar-refractivity contribution in [3.63, 3.8) is 0 Å². The van der Waals surface area contributed by atoms with E-state index in [1.54, 1.807) is 11.3 Å². The van der Waals surface area contributed by atoms with E-state index in [0.717, 1.165) is 36.4 Å². The van der Waals surface area contributed by atoms with Crippen molar-refractivity contribution in [2.45, 2.75) is 32.7 Å². The fourth-order valence-corrected chi connectivity index (χ4v) is 4.16. The van der Waals surface area contributed by atoms with Gasteiger partial charge in [0.1, 0.15) is 0 Å². The quantitative estimate of drug-likeness (QED) is 0.908. The Bertz CT molecular complexity index is 569. The van der Waals surface area contributed by atoms with Crippen LogP contribution in [-0.4, -0.2) is 54.0 Å². The van der Waals surface area contributed by atoms with Crippen molar-refractivity contribution in [2.75, 3.05) is 26.2 Å². The summed E-state index contributed by atoms with van der Waals surface area (Å²) >= 11 is 1.67. The fraction of sp³-hybridized carbons (Fsp3) is 0.600. The Hall–Kier alpha value is -1.56. The summed E-state index contributed by atoms with van der Waals surface area (Å²) in [6.45, 7) is 6.94. The summed E-state index contributed by atoms with van der Waals surface area (Å²) in [6, 6.07) is 2.15. The zero-order chi connectivity index (χ0) is 15.0. The van der Waals surface area contributed by atoms with Crippen molar-refractivity contribution < 1.29 is 9.59 Å². The number of thiophene rings is 1. The summed E-state index contributed by atoms with van der Waals surface area (Å²) in [5.74, 6) is 0.112. The molecule has 0 spiro atoms. The third kappa shape index (κ3) is 2.77. The Labute approximate surface area is 128 Å². The molecule has 114 valence electrons. The van der Waals surface area contributed by atoms with Crippen molar-refractivity contribution in [1.29, 1.82) is 0 Å². The predicted molar refractivity (Wildman–Crippen MR) is 82.8 cm³/mol. The molecule has 2 fully saturated rings. The van der Waals surface area contributed by atoms with Crippen LogP contribution in [-0.2, 0) is 0 Å². The van der Waals surface area contributed by atoms with Crippen LogP contribution in [0.25, 0.3) is 0 Å². The molecule has 3 amide bonds. The zero-order valence-corrected chi connectivity index (χ0v) is 13.3. The second kappa shape index (κ2) is 5.67. The van der Waals surface area contributed by atoms with Crippen LogP contribution in [0.1, 0.15) is 33.0 Å². The first-order chi connectivity index (χ1) is 10.1. The summed E-state index contributed by atoms with van der Waals surface area (Å²) < 4.78 is 0. The van der Waals surface area contributed by atoms with Gasteiger partial charge in [-0.05, 0) is 32.8 Å². The molecule has 1 aromatic rings. The van der Waals surface area contributed by atoms with E-state index >= 15 is 0 Å². The molecular formula is C15H21N3O2S. The van der Waals surface area contributed by atoms with Gasteiger partial charge in [0.25, 0.3) is 5.91 Å². The van der Waals surface area contributed by atoms with Crippen LogP contribution in [0.2, 0.25) is 0 Å². The maximum Gasteiger partial charge on any atom is 0.317 e. The van der Waals surface area contributed by atoms with Crippen LogP contribution in [0.4, 0.5) is 4.79 Å². The number of urea groups is 1. The van der Waals surface area contributed by atoms with Crippen molar-refractivity contribution in [2.24, 2.45) is 0 Å². The van der Waals surface area contributed by atoms with Gasteiger partial charge in [-0.25, -0.2) is 4.79 Å². The molecule has 21 heavy (non-hydrogen) atoms. The number of carbonyl (C=O) groups excluding carboxylic acids is 2. The Kier molecular flexibility index (Phi) is 3.89. The van der Waals surface area contributed by atoms with Crippen LogP contribution >= 0.6 is 11.3 Å². The number of hydrogen-bond acceptors (Lipinski definition) is 3. The molecule has 0 unspecified atom stereocenters. The molecule has 3 heterocycles. The van der Waals surface area contributed by atoms with Crippen LogP contribution in [0, 0.1) is 13.8 Å². The van der Waals surface area contributed by atoms with E-state index in [9.17, 15) is 9.59 Å². The number of nitrogens with one attached hydrogen (secondary N) is 1. The normalized spacial score (nSPS) is 22.6. The highest BCUT2D eigenvalue weighted by Gasteiger charge is 2.33. The molecule has 0 saturated carbocycles. The number of piperidine rings is 1. The minimum Gasteiger partial charge on any atom is -0.337 e. The van der Waals surface area contributed by atoms with Crippen LogP contribution in [0.5, 0.6) is 0 Å². The van der Waals surface area contributed by atoms with Crippen LogP contribution in [0.3, 0.4) is 0 Å². The number of likely N-dealkylation sites (tertiary alicyclic amines) is 1. The number of nitrogens with zero attached hydrogens (tertiary/aromatic N) is 2. The first kappa shape index (κ1) is 14.4. The van der Waals surface area contributed by atoms with E-state index in [0.29, 0.717) is 13.1 Å². The number of rotatable bonds is 2. The first-order valence-corrected chi connectivity index (χ1v) is 8.28. The van der Waals surface area contributed by atoms with E-state index in [1.165, 1.54) is 4.88 Å². The van der Waals surface area contributed by atoms with E-state index in [4.69, 9.17) is 0 Å². The first-order valence-electron chi connectivity index (χ1n) is 7.47. The van der Waals surface area contributed by atoms with E-state index < -0.39 is 0 Å². The average Bonchev–Trinajstić information content (AvgIpc) is 3.03. The molecule has 1 atom stereocenters. The minimum atomic E-state index is 0.0110.